The highest BCUT2D eigenvalue weighted by Crippen LogP contribution is 2.05. The van der Waals surface area contributed by atoms with E-state index in [4.69, 9.17) is 16.2 Å². The number of Topliss-reactive ketones (excluding diaryl/α,β-unsaturated/α-hetero) is 2. The quantitative estimate of drug-likeness (QED) is 0.154. The molecule has 0 aromatic carbocycles. The summed E-state index contributed by atoms with van der Waals surface area (Å²) >= 11 is 0. The number of ether oxygens (including phenoxy) is 1. The lowest BCUT2D eigenvalue weighted by Crippen LogP contribution is -2.34. The highest BCUT2D eigenvalue weighted by atomic mass is 16.5. The molecule has 2 atom stereocenters. The van der Waals surface area contributed by atoms with Crippen LogP contribution < -0.4 is 22.1 Å². The van der Waals surface area contributed by atoms with Gasteiger partial charge in [0.2, 0.25) is 11.8 Å². The van der Waals surface area contributed by atoms with Crippen LogP contribution in [0.25, 0.3) is 0 Å². The zero-order chi connectivity index (χ0) is 28.3. The van der Waals surface area contributed by atoms with Crippen LogP contribution in [0.2, 0.25) is 0 Å². The number of amides is 2. The van der Waals surface area contributed by atoms with Crippen molar-refractivity contribution in [1.29, 1.82) is 0 Å². The van der Waals surface area contributed by atoms with Crippen molar-refractivity contribution in [3.63, 3.8) is 0 Å². The van der Waals surface area contributed by atoms with Crippen LogP contribution in [0.4, 0.5) is 0 Å². The molecular formula is C26H47N7O5. The largest absolute Gasteiger partial charge is 0.379 e. The van der Waals surface area contributed by atoms with Gasteiger partial charge in [-0.25, -0.2) is 4.68 Å². The van der Waals surface area contributed by atoms with E-state index < -0.39 is 12.1 Å². The molecule has 0 spiro atoms. The molecule has 1 aromatic heterocycles. The summed E-state index contributed by atoms with van der Waals surface area (Å²) < 4.78 is 7.17. The maximum Gasteiger partial charge on any atom is 0.222 e. The zero-order valence-corrected chi connectivity index (χ0v) is 23.2. The first-order valence-electron chi connectivity index (χ1n) is 13.7. The Morgan fingerprint density at radius 2 is 1.53 bits per heavy atom. The molecule has 1 heterocycles. The van der Waals surface area contributed by atoms with Gasteiger partial charge in [0.05, 0.1) is 37.5 Å². The van der Waals surface area contributed by atoms with E-state index in [0.717, 1.165) is 31.4 Å². The van der Waals surface area contributed by atoms with E-state index in [-0.39, 0.29) is 35.7 Å². The molecule has 0 radical (unpaired) electrons. The molecule has 216 valence electrons. The molecule has 1 rings (SSSR count). The summed E-state index contributed by atoms with van der Waals surface area (Å²) in [6, 6.07) is -0.843. The van der Waals surface area contributed by atoms with Crippen molar-refractivity contribution in [2.75, 3.05) is 26.3 Å². The van der Waals surface area contributed by atoms with Crippen LogP contribution in [0.3, 0.4) is 0 Å². The second-order valence-electron chi connectivity index (χ2n) is 9.91. The predicted octanol–water partition coefficient (Wildman–Crippen LogP) is 0.659. The summed E-state index contributed by atoms with van der Waals surface area (Å²) in [6.07, 6.45) is 7.26. The molecule has 2 amide bonds. The Morgan fingerprint density at radius 3 is 2.13 bits per heavy atom. The number of nitrogens with zero attached hydrogens (tertiary/aromatic N) is 3. The first-order chi connectivity index (χ1) is 18.1. The Morgan fingerprint density at radius 1 is 0.921 bits per heavy atom. The number of aryl methyl sites for hydroxylation is 1. The van der Waals surface area contributed by atoms with Crippen LogP contribution >= 0.6 is 0 Å². The minimum Gasteiger partial charge on any atom is -0.379 e. The van der Waals surface area contributed by atoms with E-state index >= 15 is 0 Å². The van der Waals surface area contributed by atoms with Crippen LogP contribution in [0.5, 0.6) is 0 Å². The summed E-state index contributed by atoms with van der Waals surface area (Å²) in [6.45, 7) is 7.49. The van der Waals surface area contributed by atoms with Gasteiger partial charge in [-0.3, -0.25) is 19.2 Å². The highest BCUT2D eigenvalue weighted by Gasteiger charge is 2.16. The number of hydrogen-bond donors (Lipinski definition) is 4. The number of hydrogen-bond acceptors (Lipinski definition) is 9. The van der Waals surface area contributed by atoms with Crippen molar-refractivity contribution < 1.29 is 23.9 Å². The molecule has 38 heavy (non-hydrogen) atoms. The van der Waals surface area contributed by atoms with Gasteiger partial charge in [-0.2, -0.15) is 0 Å². The molecule has 0 fully saturated rings. The first kappa shape index (κ1) is 33.3. The number of unbranched alkanes of at least 4 members (excludes halogenated alkanes) is 2. The Kier molecular flexibility index (Phi) is 17.0. The van der Waals surface area contributed by atoms with Gasteiger partial charge in [0.25, 0.3) is 0 Å². The summed E-state index contributed by atoms with van der Waals surface area (Å²) in [5, 5.41) is 13.8. The molecule has 0 aliphatic heterocycles. The monoisotopic (exact) mass is 537 g/mol. The van der Waals surface area contributed by atoms with Gasteiger partial charge in [-0.15, -0.1) is 5.10 Å². The lowest BCUT2D eigenvalue weighted by Gasteiger charge is -2.12. The number of aromatic nitrogens is 3. The number of carbonyl (C=O) groups is 4. The average molecular weight is 538 g/mol. The summed E-state index contributed by atoms with van der Waals surface area (Å²) in [5.41, 5.74) is 12.3. The molecule has 1 aromatic rings. The van der Waals surface area contributed by atoms with Gasteiger partial charge in [0, 0.05) is 44.5 Å². The summed E-state index contributed by atoms with van der Waals surface area (Å²) in [5.74, 6) is -0.121. The summed E-state index contributed by atoms with van der Waals surface area (Å²) in [4.78, 5) is 46.8. The van der Waals surface area contributed by atoms with Gasteiger partial charge in [0.1, 0.15) is 5.78 Å². The Labute approximate surface area is 226 Å². The van der Waals surface area contributed by atoms with Crippen LogP contribution in [0.15, 0.2) is 6.20 Å². The zero-order valence-electron chi connectivity index (χ0n) is 23.2. The SMILES string of the molecule is CC(=O)C(N)CCCCNC(=O)CCc1cn(CCOCCC(=O)NCCCCC(N)C(=O)C(C)C)nn1. The van der Waals surface area contributed by atoms with Crippen molar-refractivity contribution in [3.8, 4) is 0 Å². The fourth-order valence-electron chi connectivity index (χ4n) is 3.61. The average Bonchev–Trinajstić information content (AvgIpc) is 3.33. The standard InChI is InChI=1S/C26H47N7O5/c1-19(2)26(37)23(28)9-5-7-14-30-25(36)12-16-38-17-15-33-18-21(31-32-33)10-11-24(35)29-13-6-4-8-22(27)20(3)34/h18-19,22-23H,4-17,27-28H2,1-3H3,(H,29,35)(H,30,36). The molecule has 12 nitrogen and oxygen atoms in total. The third-order valence-electron chi connectivity index (χ3n) is 6.12. The number of nitrogens with one attached hydrogen (secondary N) is 2. The Hall–Kier alpha value is -2.70. The summed E-state index contributed by atoms with van der Waals surface area (Å²) in [7, 11) is 0. The van der Waals surface area contributed by atoms with Crippen molar-refractivity contribution in [2.24, 2.45) is 17.4 Å². The number of nitrogens with two attached hydrogens (primary N) is 2. The molecule has 0 aliphatic carbocycles. The van der Waals surface area contributed by atoms with E-state index in [2.05, 4.69) is 20.9 Å². The Balaban J connectivity index is 2.04. The van der Waals surface area contributed by atoms with Crippen LogP contribution in [0.1, 0.15) is 77.8 Å². The van der Waals surface area contributed by atoms with Crippen LogP contribution in [0, 0.1) is 5.92 Å². The number of rotatable bonds is 22. The van der Waals surface area contributed by atoms with Crippen LogP contribution in [-0.4, -0.2) is 76.8 Å². The fraction of sp³-hybridized carbons (Fsp3) is 0.769. The number of carbonyl (C=O) groups excluding carboxylic acids is 4. The van der Waals surface area contributed by atoms with Crippen LogP contribution in [-0.2, 0) is 36.9 Å². The van der Waals surface area contributed by atoms with Gasteiger partial charge in [0.15, 0.2) is 5.78 Å². The second kappa shape index (κ2) is 19.4. The molecule has 12 heteroatoms. The topological polar surface area (TPSA) is 184 Å². The van der Waals surface area contributed by atoms with E-state index in [0.29, 0.717) is 58.5 Å². The molecule has 6 N–H and O–H groups in total. The third kappa shape index (κ3) is 15.5. The lowest BCUT2D eigenvalue weighted by atomic mass is 9.98. The van der Waals surface area contributed by atoms with Gasteiger partial charge in [-0.1, -0.05) is 19.1 Å². The number of ketones is 2. The van der Waals surface area contributed by atoms with E-state index in [1.807, 2.05) is 13.8 Å². The fourth-order valence-corrected chi connectivity index (χ4v) is 3.61. The second-order valence-corrected chi connectivity index (χ2v) is 9.91. The van der Waals surface area contributed by atoms with Gasteiger partial charge >= 0.3 is 0 Å². The molecule has 0 saturated heterocycles. The van der Waals surface area contributed by atoms with Gasteiger partial charge < -0.3 is 26.8 Å². The third-order valence-corrected chi connectivity index (χ3v) is 6.12. The first-order valence-corrected chi connectivity index (χ1v) is 13.7. The maximum absolute atomic E-state index is 12.0. The van der Waals surface area contributed by atoms with Crippen molar-refractivity contribution >= 4 is 23.4 Å². The highest BCUT2D eigenvalue weighted by molar-refractivity contribution is 5.85. The van der Waals surface area contributed by atoms with E-state index in [9.17, 15) is 19.2 Å². The van der Waals surface area contributed by atoms with E-state index in [1.165, 1.54) is 6.92 Å². The Bertz CT molecular complexity index is 859. The van der Waals surface area contributed by atoms with Crippen molar-refractivity contribution in [3.05, 3.63) is 11.9 Å². The molecular weight excluding hydrogens is 490 g/mol. The molecule has 0 bridgehead atoms. The lowest BCUT2D eigenvalue weighted by molar-refractivity contribution is -0.123. The smallest absolute Gasteiger partial charge is 0.222 e. The van der Waals surface area contributed by atoms with Crippen molar-refractivity contribution in [1.82, 2.24) is 25.6 Å². The molecule has 0 aliphatic rings. The van der Waals surface area contributed by atoms with Gasteiger partial charge in [-0.05, 0) is 45.4 Å². The maximum atomic E-state index is 12.0. The molecule has 2 unspecified atom stereocenters. The van der Waals surface area contributed by atoms with E-state index in [1.54, 1.807) is 10.9 Å². The predicted molar refractivity (Wildman–Crippen MR) is 144 cm³/mol. The minimum absolute atomic E-state index is 0.0155. The normalized spacial score (nSPS) is 12.8. The molecule has 0 saturated carbocycles. The minimum atomic E-state index is -0.425. The van der Waals surface area contributed by atoms with Crippen molar-refractivity contribution in [2.45, 2.75) is 97.2 Å².